The van der Waals surface area contributed by atoms with Crippen molar-refractivity contribution in [2.45, 2.75) is 32.3 Å². The zero-order chi connectivity index (χ0) is 8.97. The number of hydrogen-bond acceptors (Lipinski definition) is 3. The molecular formula is C9H14O3. The van der Waals surface area contributed by atoms with Gasteiger partial charge in [0.25, 0.3) is 0 Å². The summed E-state index contributed by atoms with van der Waals surface area (Å²) in [5.41, 5.74) is 0. The topological polar surface area (TPSA) is 35.5 Å². The van der Waals surface area contributed by atoms with Crippen molar-refractivity contribution in [3.63, 3.8) is 0 Å². The third-order valence-corrected chi connectivity index (χ3v) is 1.88. The van der Waals surface area contributed by atoms with Gasteiger partial charge in [0.05, 0.1) is 7.11 Å². The summed E-state index contributed by atoms with van der Waals surface area (Å²) in [7, 11) is 1.60. The fraction of sp³-hybridized carbons (Fsp3) is 0.667. The van der Waals surface area contributed by atoms with Crippen molar-refractivity contribution in [1.82, 2.24) is 0 Å². The van der Waals surface area contributed by atoms with E-state index in [-0.39, 0.29) is 12.1 Å². The molecule has 1 aliphatic rings. The van der Waals surface area contributed by atoms with Gasteiger partial charge in [-0.2, -0.15) is 0 Å². The SMILES string of the molecule is COC1=CCCCC1OC(C)=O. The van der Waals surface area contributed by atoms with E-state index in [0.717, 1.165) is 25.0 Å². The minimum absolute atomic E-state index is 0.152. The van der Waals surface area contributed by atoms with Gasteiger partial charge >= 0.3 is 5.97 Å². The van der Waals surface area contributed by atoms with Crippen LogP contribution in [0.4, 0.5) is 0 Å². The molecule has 0 saturated heterocycles. The third-order valence-electron chi connectivity index (χ3n) is 1.88. The van der Waals surface area contributed by atoms with Crippen molar-refractivity contribution in [2.24, 2.45) is 0 Å². The van der Waals surface area contributed by atoms with Crippen LogP contribution in [0.25, 0.3) is 0 Å². The molecule has 0 saturated carbocycles. The molecule has 0 N–H and O–H groups in total. The van der Waals surface area contributed by atoms with Crippen molar-refractivity contribution >= 4 is 5.97 Å². The molecule has 0 fully saturated rings. The number of allylic oxidation sites excluding steroid dienone is 1. The van der Waals surface area contributed by atoms with Crippen LogP contribution >= 0.6 is 0 Å². The van der Waals surface area contributed by atoms with Crippen molar-refractivity contribution in [3.8, 4) is 0 Å². The van der Waals surface area contributed by atoms with E-state index in [1.54, 1.807) is 7.11 Å². The summed E-state index contributed by atoms with van der Waals surface area (Å²) < 4.78 is 10.2. The van der Waals surface area contributed by atoms with Crippen LogP contribution in [0.1, 0.15) is 26.2 Å². The van der Waals surface area contributed by atoms with Crippen molar-refractivity contribution in [1.29, 1.82) is 0 Å². The molecule has 1 aliphatic carbocycles. The molecule has 0 amide bonds. The molecule has 12 heavy (non-hydrogen) atoms. The van der Waals surface area contributed by atoms with E-state index in [4.69, 9.17) is 9.47 Å². The third kappa shape index (κ3) is 2.26. The van der Waals surface area contributed by atoms with Crippen LogP contribution < -0.4 is 0 Å². The van der Waals surface area contributed by atoms with E-state index >= 15 is 0 Å². The van der Waals surface area contributed by atoms with E-state index in [1.165, 1.54) is 6.92 Å². The van der Waals surface area contributed by atoms with E-state index < -0.39 is 0 Å². The number of rotatable bonds is 2. The summed E-state index contributed by atoms with van der Waals surface area (Å²) >= 11 is 0. The van der Waals surface area contributed by atoms with Gasteiger partial charge in [0.1, 0.15) is 5.76 Å². The zero-order valence-corrected chi connectivity index (χ0v) is 7.50. The van der Waals surface area contributed by atoms with Crippen LogP contribution in [0, 0.1) is 0 Å². The summed E-state index contributed by atoms with van der Waals surface area (Å²) in [6, 6.07) is 0. The fourth-order valence-electron chi connectivity index (χ4n) is 1.35. The van der Waals surface area contributed by atoms with E-state index in [9.17, 15) is 4.79 Å². The number of ether oxygens (including phenoxy) is 2. The molecule has 1 rings (SSSR count). The molecular weight excluding hydrogens is 156 g/mol. The number of esters is 1. The maximum absolute atomic E-state index is 10.7. The molecule has 3 nitrogen and oxygen atoms in total. The lowest BCUT2D eigenvalue weighted by Crippen LogP contribution is -2.22. The van der Waals surface area contributed by atoms with Crippen molar-refractivity contribution in [2.75, 3.05) is 7.11 Å². The Morgan fingerprint density at radius 1 is 1.67 bits per heavy atom. The first-order valence-corrected chi connectivity index (χ1v) is 4.15. The molecule has 1 unspecified atom stereocenters. The predicted octanol–water partition coefficient (Wildman–Crippen LogP) is 1.63. The highest BCUT2D eigenvalue weighted by Crippen LogP contribution is 2.21. The van der Waals surface area contributed by atoms with E-state index in [0.29, 0.717) is 0 Å². The Bertz CT molecular complexity index is 196. The van der Waals surface area contributed by atoms with Crippen LogP contribution in [-0.2, 0) is 14.3 Å². The predicted molar refractivity (Wildman–Crippen MR) is 44.5 cm³/mol. The van der Waals surface area contributed by atoms with Crippen LogP contribution in [0.15, 0.2) is 11.8 Å². The summed E-state index contributed by atoms with van der Waals surface area (Å²) in [6.45, 7) is 1.42. The van der Waals surface area contributed by atoms with Gasteiger partial charge in [0.15, 0.2) is 6.10 Å². The first-order valence-electron chi connectivity index (χ1n) is 4.15. The highest BCUT2D eigenvalue weighted by molar-refractivity contribution is 5.66. The normalized spacial score (nSPS) is 22.8. The summed E-state index contributed by atoms with van der Waals surface area (Å²) in [6.07, 6.45) is 4.78. The van der Waals surface area contributed by atoms with Crippen molar-refractivity contribution in [3.05, 3.63) is 11.8 Å². The average molecular weight is 170 g/mol. The molecule has 3 heteroatoms. The van der Waals surface area contributed by atoms with Gasteiger partial charge in [0, 0.05) is 6.92 Å². The fourth-order valence-corrected chi connectivity index (χ4v) is 1.35. The highest BCUT2D eigenvalue weighted by atomic mass is 16.6. The smallest absolute Gasteiger partial charge is 0.303 e. The molecule has 0 aromatic heterocycles. The van der Waals surface area contributed by atoms with Gasteiger partial charge < -0.3 is 9.47 Å². The van der Waals surface area contributed by atoms with Crippen LogP contribution in [0.3, 0.4) is 0 Å². The van der Waals surface area contributed by atoms with Crippen molar-refractivity contribution < 1.29 is 14.3 Å². The molecule has 0 radical (unpaired) electrons. The minimum atomic E-state index is -0.246. The van der Waals surface area contributed by atoms with Gasteiger partial charge in [-0.1, -0.05) is 0 Å². The Hall–Kier alpha value is -0.990. The Morgan fingerprint density at radius 2 is 2.42 bits per heavy atom. The summed E-state index contributed by atoms with van der Waals surface area (Å²) in [5, 5.41) is 0. The minimum Gasteiger partial charge on any atom is -0.497 e. The molecule has 0 spiro atoms. The van der Waals surface area contributed by atoms with Gasteiger partial charge in [-0.25, -0.2) is 0 Å². The lowest BCUT2D eigenvalue weighted by Gasteiger charge is -2.22. The molecule has 68 valence electrons. The number of hydrogen-bond donors (Lipinski definition) is 0. The molecule has 0 heterocycles. The van der Waals surface area contributed by atoms with E-state index in [1.807, 2.05) is 6.08 Å². The molecule has 0 aliphatic heterocycles. The second kappa shape index (κ2) is 4.14. The van der Waals surface area contributed by atoms with Gasteiger partial charge in [-0.3, -0.25) is 4.79 Å². The zero-order valence-electron chi connectivity index (χ0n) is 7.50. The Balaban J connectivity index is 2.55. The maximum atomic E-state index is 10.7. The van der Waals surface area contributed by atoms with Gasteiger partial charge in [-0.15, -0.1) is 0 Å². The van der Waals surface area contributed by atoms with Crippen LogP contribution in [0.5, 0.6) is 0 Å². The number of carbonyl (C=O) groups is 1. The molecule has 1 atom stereocenters. The van der Waals surface area contributed by atoms with Crippen LogP contribution in [0.2, 0.25) is 0 Å². The van der Waals surface area contributed by atoms with Gasteiger partial charge in [-0.05, 0) is 25.3 Å². The van der Waals surface area contributed by atoms with Crippen LogP contribution in [-0.4, -0.2) is 19.2 Å². The van der Waals surface area contributed by atoms with Gasteiger partial charge in [0.2, 0.25) is 0 Å². The molecule has 0 aromatic carbocycles. The largest absolute Gasteiger partial charge is 0.497 e. The summed E-state index contributed by atoms with van der Waals surface area (Å²) in [4.78, 5) is 10.7. The Kier molecular flexibility index (Phi) is 3.14. The Labute approximate surface area is 72.4 Å². The Morgan fingerprint density at radius 3 is 3.00 bits per heavy atom. The monoisotopic (exact) mass is 170 g/mol. The first kappa shape index (κ1) is 9.10. The lowest BCUT2D eigenvalue weighted by molar-refractivity contribution is -0.146. The highest BCUT2D eigenvalue weighted by Gasteiger charge is 2.20. The van der Waals surface area contributed by atoms with E-state index in [2.05, 4.69) is 0 Å². The lowest BCUT2D eigenvalue weighted by atomic mass is 10.0. The summed E-state index contributed by atoms with van der Waals surface area (Å²) in [5.74, 6) is 0.543. The maximum Gasteiger partial charge on any atom is 0.303 e. The second-order valence-corrected chi connectivity index (χ2v) is 2.84. The average Bonchev–Trinajstić information content (AvgIpc) is 2.04. The molecule has 0 aromatic rings. The first-order chi connectivity index (χ1) is 5.74. The standard InChI is InChI=1S/C9H14O3/c1-7(10)12-9-6-4-3-5-8(9)11-2/h5,9H,3-4,6H2,1-2H3. The quantitative estimate of drug-likeness (QED) is 0.591. The number of methoxy groups -OCH3 is 1. The number of carbonyl (C=O) groups excluding carboxylic acids is 1. The molecule has 0 bridgehead atoms. The second-order valence-electron chi connectivity index (χ2n) is 2.84.